The highest BCUT2D eigenvalue weighted by molar-refractivity contribution is 7.89. The van der Waals surface area contributed by atoms with E-state index < -0.39 is 22.0 Å². The first-order valence-corrected chi connectivity index (χ1v) is 10.4. The molecule has 0 aliphatic heterocycles. The maximum atomic E-state index is 12.4. The molecule has 0 heterocycles. The number of rotatable bonds is 6. The van der Waals surface area contributed by atoms with E-state index >= 15 is 0 Å². The molecule has 0 unspecified atom stereocenters. The number of carbonyl (C=O) groups excluding carboxylic acids is 3. The first kappa shape index (κ1) is 21.0. The molecule has 2 amide bonds. The van der Waals surface area contributed by atoms with Crippen LogP contribution in [0.2, 0.25) is 0 Å². The van der Waals surface area contributed by atoms with Gasteiger partial charge in [-0.05, 0) is 38.8 Å². The summed E-state index contributed by atoms with van der Waals surface area (Å²) in [4.78, 5) is 35.3. The Bertz CT molecular complexity index is 799. The third kappa shape index (κ3) is 5.86. The van der Waals surface area contributed by atoms with Gasteiger partial charge in [0.15, 0.2) is 5.78 Å². The van der Waals surface area contributed by atoms with Gasteiger partial charge in [-0.1, -0.05) is 31.4 Å². The summed E-state index contributed by atoms with van der Waals surface area (Å²) in [7, 11) is -3.94. The van der Waals surface area contributed by atoms with E-state index in [2.05, 4.69) is 15.6 Å². The van der Waals surface area contributed by atoms with Gasteiger partial charge in [0.25, 0.3) is 5.91 Å². The van der Waals surface area contributed by atoms with Gasteiger partial charge in [-0.15, -0.1) is 0 Å². The van der Waals surface area contributed by atoms with Gasteiger partial charge < -0.3 is 0 Å². The van der Waals surface area contributed by atoms with Crippen molar-refractivity contribution in [3.8, 4) is 0 Å². The fourth-order valence-corrected chi connectivity index (χ4v) is 4.12. The molecule has 1 fully saturated rings. The molecule has 1 aliphatic rings. The molecule has 2 rings (SSSR count). The van der Waals surface area contributed by atoms with E-state index in [0.29, 0.717) is 5.56 Å². The average molecular weight is 395 g/mol. The van der Waals surface area contributed by atoms with Crippen LogP contribution in [0.25, 0.3) is 0 Å². The van der Waals surface area contributed by atoms with Gasteiger partial charge in [0.1, 0.15) is 0 Å². The first-order chi connectivity index (χ1) is 12.7. The third-order valence-electron chi connectivity index (χ3n) is 4.58. The highest BCUT2D eigenvalue weighted by Gasteiger charge is 2.24. The predicted octanol–water partition coefficient (Wildman–Crippen LogP) is 1.28. The number of benzene rings is 1. The number of sulfonamides is 1. The lowest BCUT2D eigenvalue weighted by atomic mass is 9.89. The van der Waals surface area contributed by atoms with E-state index in [1.54, 1.807) is 0 Å². The molecule has 27 heavy (non-hydrogen) atoms. The fraction of sp³-hybridized carbons (Fsp3) is 0.500. The standard InChI is InChI=1S/C18H25N3O5S/c1-12(17(23)19-20-18(24)15-6-4-3-5-7-15)21-27(25,26)16-10-8-14(9-11-16)13(2)22/h8-12,15,21H,3-7H2,1-2H3,(H,19,23)(H,20,24)/t12-/m0/s1. The largest absolute Gasteiger partial charge is 0.295 e. The van der Waals surface area contributed by atoms with Gasteiger partial charge in [-0.3, -0.25) is 25.2 Å². The molecular weight excluding hydrogens is 370 g/mol. The molecule has 1 saturated carbocycles. The Kier molecular flexibility index (Phi) is 7.09. The van der Waals surface area contributed by atoms with E-state index in [1.165, 1.54) is 38.1 Å². The highest BCUT2D eigenvalue weighted by Crippen LogP contribution is 2.23. The predicted molar refractivity (Wildman–Crippen MR) is 99.1 cm³/mol. The second-order valence-corrected chi connectivity index (χ2v) is 8.45. The molecule has 0 saturated heterocycles. The summed E-state index contributed by atoms with van der Waals surface area (Å²) in [6.07, 6.45) is 4.68. The van der Waals surface area contributed by atoms with Gasteiger partial charge in [0, 0.05) is 11.5 Å². The summed E-state index contributed by atoms with van der Waals surface area (Å²) in [5.74, 6) is -1.21. The summed E-state index contributed by atoms with van der Waals surface area (Å²) >= 11 is 0. The first-order valence-electron chi connectivity index (χ1n) is 8.94. The second-order valence-electron chi connectivity index (χ2n) is 6.74. The lowest BCUT2D eigenvalue weighted by Crippen LogP contribution is -2.52. The highest BCUT2D eigenvalue weighted by atomic mass is 32.2. The van der Waals surface area contributed by atoms with Crippen molar-refractivity contribution < 1.29 is 22.8 Å². The summed E-state index contributed by atoms with van der Waals surface area (Å²) in [5, 5.41) is 0. The van der Waals surface area contributed by atoms with Crippen LogP contribution in [0.1, 0.15) is 56.3 Å². The molecule has 0 spiro atoms. The number of amides is 2. The quantitative estimate of drug-likeness (QED) is 0.495. The van der Waals surface area contributed by atoms with Crippen molar-refractivity contribution in [1.29, 1.82) is 0 Å². The van der Waals surface area contributed by atoms with E-state index in [-0.39, 0.29) is 22.5 Å². The molecule has 148 valence electrons. The van der Waals surface area contributed by atoms with Crippen LogP contribution in [0.3, 0.4) is 0 Å². The normalized spacial score (nSPS) is 16.4. The number of ketones is 1. The summed E-state index contributed by atoms with van der Waals surface area (Å²) < 4.78 is 26.9. The number of hydrogen-bond acceptors (Lipinski definition) is 5. The van der Waals surface area contributed by atoms with Crippen molar-refractivity contribution >= 4 is 27.6 Å². The van der Waals surface area contributed by atoms with Crippen LogP contribution in [-0.4, -0.2) is 32.1 Å². The second kappa shape index (κ2) is 9.09. The Balaban J connectivity index is 1.90. The lowest BCUT2D eigenvalue weighted by molar-refractivity contribution is -0.132. The summed E-state index contributed by atoms with van der Waals surface area (Å²) in [6, 6.07) is 4.33. The number of hydrazine groups is 1. The van der Waals surface area contributed by atoms with Crippen molar-refractivity contribution in [3.05, 3.63) is 29.8 Å². The van der Waals surface area contributed by atoms with E-state index in [0.717, 1.165) is 32.1 Å². The van der Waals surface area contributed by atoms with E-state index in [4.69, 9.17) is 0 Å². The lowest BCUT2D eigenvalue weighted by Gasteiger charge is -2.21. The van der Waals surface area contributed by atoms with Crippen LogP contribution in [0.15, 0.2) is 29.2 Å². The molecule has 8 nitrogen and oxygen atoms in total. The fourth-order valence-electron chi connectivity index (χ4n) is 2.92. The molecule has 0 radical (unpaired) electrons. The van der Waals surface area contributed by atoms with Crippen LogP contribution >= 0.6 is 0 Å². The van der Waals surface area contributed by atoms with Gasteiger partial charge in [0.2, 0.25) is 15.9 Å². The molecule has 1 atom stereocenters. The summed E-state index contributed by atoms with van der Waals surface area (Å²) in [5.41, 5.74) is 5.03. The van der Waals surface area contributed by atoms with Gasteiger partial charge in [0.05, 0.1) is 10.9 Å². The molecule has 0 aromatic heterocycles. The van der Waals surface area contributed by atoms with Crippen LogP contribution in [0.4, 0.5) is 0 Å². The number of Topliss-reactive ketones (excluding diaryl/α,β-unsaturated/α-hetero) is 1. The minimum atomic E-state index is -3.94. The zero-order valence-corrected chi connectivity index (χ0v) is 16.3. The van der Waals surface area contributed by atoms with Crippen molar-refractivity contribution in [3.63, 3.8) is 0 Å². The van der Waals surface area contributed by atoms with E-state index in [9.17, 15) is 22.8 Å². The topological polar surface area (TPSA) is 121 Å². The Morgan fingerprint density at radius 3 is 2.15 bits per heavy atom. The smallest absolute Gasteiger partial charge is 0.256 e. The van der Waals surface area contributed by atoms with Crippen LogP contribution < -0.4 is 15.6 Å². The third-order valence-corrected chi connectivity index (χ3v) is 6.14. The molecule has 1 aromatic rings. The maximum absolute atomic E-state index is 12.4. The van der Waals surface area contributed by atoms with Crippen molar-refractivity contribution in [2.24, 2.45) is 5.92 Å². The molecule has 1 aliphatic carbocycles. The van der Waals surface area contributed by atoms with Crippen LogP contribution in [-0.2, 0) is 19.6 Å². The minimum absolute atomic E-state index is 0.0570. The van der Waals surface area contributed by atoms with Crippen LogP contribution in [0, 0.1) is 5.92 Å². The van der Waals surface area contributed by atoms with Crippen molar-refractivity contribution in [1.82, 2.24) is 15.6 Å². The molecule has 9 heteroatoms. The SMILES string of the molecule is CC(=O)c1ccc(S(=O)(=O)N[C@@H](C)C(=O)NNC(=O)C2CCCCC2)cc1. The van der Waals surface area contributed by atoms with Gasteiger partial charge in [-0.25, -0.2) is 8.42 Å². The zero-order chi connectivity index (χ0) is 20.0. The van der Waals surface area contributed by atoms with E-state index in [1.807, 2.05) is 0 Å². The van der Waals surface area contributed by atoms with Crippen LogP contribution in [0.5, 0.6) is 0 Å². The molecular formula is C18H25N3O5S. The minimum Gasteiger partial charge on any atom is -0.295 e. The number of carbonyl (C=O) groups is 3. The van der Waals surface area contributed by atoms with Gasteiger partial charge >= 0.3 is 0 Å². The molecule has 3 N–H and O–H groups in total. The van der Waals surface area contributed by atoms with Crippen molar-refractivity contribution in [2.75, 3.05) is 0 Å². The molecule has 0 bridgehead atoms. The Hall–Kier alpha value is -2.26. The Morgan fingerprint density at radius 2 is 1.59 bits per heavy atom. The molecule has 1 aromatic carbocycles. The zero-order valence-electron chi connectivity index (χ0n) is 15.4. The Morgan fingerprint density at radius 1 is 1.00 bits per heavy atom. The average Bonchev–Trinajstić information content (AvgIpc) is 2.66. The Labute approximate surface area is 159 Å². The van der Waals surface area contributed by atoms with Gasteiger partial charge in [-0.2, -0.15) is 4.72 Å². The van der Waals surface area contributed by atoms with Crippen molar-refractivity contribution in [2.45, 2.75) is 56.9 Å². The maximum Gasteiger partial charge on any atom is 0.256 e. The number of hydrogen-bond donors (Lipinski definition) is 3. The monoisotopic (exact) mass is 395 g/mol. The number of nitrogens with one attached hydrogen (secondary N) is 3. The summed E-state index contributed by atoms with van der Waals surface area (Å²) in [6.45, 7) is 2.76.